The van der Waals surface area contributed by atoms with Crippen LogP contribution in [0.3, 0.4) is 0 Å². The van der Waals surface area contributed by atoms with Crippen molar-refractivity contribution in [3.8, 4) is 5.75 Å². The molecule has 5 nitrogen and oxygen atoms in total. The van der Waals surface area contributed by atoms with Gasteiger partial charge >= 0.3 is 0 Å². The van der Waals surface area contributed by atoms with Crippen molar-refractivity contribution in [3.05, 3.63) is 18.2 Å². The molecular weight excluding hydrogens is 298 g/mol. The van der Waals surface area contributed by atoms with Crippen molar-refractivity contribution in [1.82, 2.24) is 0 Å². The summed E-state index contributed by atoms with van der Waals surface area (Å²) in [7, 11) is 0. The first-order valence-corrected chi connectivity index (χ1v) is 7.95. The minimum atomic E-state index is -0.850. The maximum atomic E-state index is 13.0. The van der Waals surface area contributed by atoms with Crippen LogP contribution in [0.5, 0.6) is 5.75 Å². The molecule has 1 atom stereocenters. The Labute approximate surface area is 136 Å². The van der Waals surface area contributed by atoms with E-state index in [1.54, 1.807) is 17.0 Å². The molecule has 0 bridgehead atoms. The summed E-state index contributed by atoms with van der Waals surface area (Å²) in [5.74, 6) is 0.519. The molecule has 0 spiro atoms. The van der Waals surface area contributed by atoms with E-state index in [0.29, 0.717) is 35.8 Å². The first kappa shape index (κ1) is 16.5. The lowest BCUT2D eigenvalue weighted by atomic mass is 9.92. The number of thiocarbonyl (C=S) groups is 1. The van der Waals surface area contributed by atoms with Gasteiger partial charge in [0, 0.05) is 24.2 Å². The van der Waals surface area contributed by atoms with Gasteiger partial charge in [0.2, 0.25) is 0 Å². The fourth-order valence-electron chi connectivity index (χ4n) is 2.69. The zero-order valence-corrected chi connectivity index (χ0v) is 14.1. The van der Waals surface area contributed by atoms with E-state index in [-0.39, 0.29) is 11.8 Å². The smallest absolute Gasteiger partial charge is 0.271 e. The second kappa shape index (κ2) is 6.12. The number of amides is 1. The van der Waals surface area contributed by atoms with E-state index in [1.807, 2.05) is 26.8 Å². The van der Waals surface area contributed by atoms with E-state index in [0.717, 1.165) is 5.69 Å². The highest BCUT2D eigenvalue weighted by Gasteiger charge is 2.46. The molecule has 6 heteroatoms. The van der Waals surface area contributed by atoms with Crippen molar-refractivity contribution in [2.75, 3.05) is 17.2 Å². The number of nitrogens with zero attached hydrogens (tertiary/aromatic N) is 1. The number of ether oxygens (including phenoxy) is 1. The Hall–Kier alpha value is -1.82. The molecule has 2 rings (SSSR count). The van der Waals surface area contributed by atoms with Gasteiger partial charge in [-0.3, -0.25) is 4.79 Å². The molecule has 0 aliphatic carbocycles. The van der Waals surface area contributed by atoms with Gasteiger partial charge in [0.1, 0.15) is 5.75 Å². The van der Waals surface area contributed by atoms with Crippen LogP contribution in [0.1, 0.15) is 33.6 Å². The fraction of sp³-hybridized carbons (Fsp3) is 0.500. The number of nitrogens with two attached hydrogens (primary N) is 2. The molecule has 120 valence electrons. The molecule has 0 aromatic heterocycles. The van der Waals surface area contributed by atoms with E-state index < -0.39 is 5.60 Å². The third-order valence-electron chi connectivity index (χ3n) is 4.30. The highest BCUT2D eigenvalue weighted by molar-refractivity contribution is 7.80. The zero-order valence-electron chi connectivity index (χ0n) is 13.3. The highest BCUT2D eigenvalue weighted by atomic mass is 32.1. The highest BCUT2D eigenvalue weighted by Crippen LogP contribution is 2.41. The van der Waals surface area contributed by atoms with Crippen molar-refractivity contribution in [1.29, 1.82) is 0 Å². The Morgan fingerprint density at radius 1 is 1.41 bits per heavy atom. The number of benzene rings is 1. The molecule has 0 radical (unpaired) electrons. The van der Waals surface area contributed by atoms with Crippen LogP contribution in [0, 0.1) is 5.92 Å². The van der Waals surface area contributed by atoms with Crippen LogP contribution in [0.4, 0.5) is 11.4 Å². The quantitative estimate of drug-likeness (QED) is 0.643. The summed E-state index contributed by atoms with van der Waals surface area (Å²) < 4.78 is 6.05. The van der Waals surface area contributed by atoms with Gasteiger partial charge in [-0.2, -0.15) is 0 Å². The summed E-state index contributed by atoms with van der Waals surface area (Å²) in [6, 6.07) is 5.34. The molecule has 4 N–H and O–H groups in total. The number of carbonyl (C=O) groups is 1. The molecule has 0 fully saturated rings. The van der Waals surface area contributed by atoms with Gasteiger partial charge in [-0.15, -0.1) is 0 Å². The summed E-state index contributed by atoms with van der Waals surface area (Å²) in [6.07, 6.45) is 1.18. The SMILES string of the molecule is CCC1(CC)Oc2cc(N)ccc2N(CC(C)C(N)=S)C1=O. The molecule has 1 unspecified atom stereocenters. The van der Waals surface area contributed by atoms with Gasteiger partial charge in [0.05, 0.1) is 10.7 Å². The summed E-state index contributed by atoms with van der Waals surface area (Å²) in [5, 5.41) is 0. The lowest BCUT2D eigenvalue weighted by molar-refractivity contribution is -0.136. The van der Waals surface area contributed by atoms with E-state index in [4.69, 9.17) is 28.4 Å². The van der Waals surface area contributed by atoms with Crippen LogP contribution in [-0.4, -0.2) is 23.0 Å². The minimum absolute atomic E-state index is 0.0436. The molecule has 0 saturated carbocycles. The summed E-state index contributed by atoms with van der Waals surface area (Å²) >= 11 is 5.05. The lowest BCUT2D eigenvalue weighted by Gasteiger charge is -2.42. The average molecular weight is 321 g/mol. The maximum absolute atomic E-state index is 13.0. The standard InChI is InChI=1S/C16H23N3O2S/c1-4-16(5-2)15(20)19(9-10(3)14(18)22)12-7-6-11(17)8-13(12)21-16/h6-8,10H,4-5,9,17H2,1-3H3,(H2,18,22). The van der Waals surface area contributed by atoms with E-state index in [9.17, 15) is 4.79 Å². The summed E-state index contributed by atoms with van der Waals surface area (Å²) in [5.41, 5.74) is 12.1. The number of carbonyl (C=O) groups excluding carboxylic acids is 1. The van der Waals surface area contributed by atoms with Crippen LogP contribution in [0.15, 0.2) is 18.2 Å². The Morgan fingerprint density at radius 3 is 2.59 bits per heavy atom. The Bertz CT molecular complexity index is 599. The van der Waals surface area contributed by atoms with Crippen molar-refractivity contribution < 1.29 is 9.53 Å². The van der Waals surface area contributed by atoms with Gasteiger partial charge in [-0.25, -0.2) is 0 Å². The molecule has 0 saturated heterocycles. The number of hydrogen-bond donors (Lipinski definition) is 2. The van der Waals surface area contributed by atoms with Crippen LogP contribution in [0.25, 0.3) is 0 Å². The number of rotatable bonds is 5. The normalized spacial score (nSPS) is 17.6. The van der Waals surface area contributed by atoms with Crippen molar-refractivity contribution in [2.24, 2.45) is 11.7 Å². The molecule has 1 aliphatic heterocycles. The topological polar surface area (TPSA) is 81.6 Å². The maximum Gasteiger partial charge on any atom is 0.271 e. The predicted molar refractivity (Wildman–Crippen MR) is 93.1 cm³/mol. The van der Waals surface area contributed by atoms with Crippen molar-refractivity contribution >= 4 is 34.5 Å². The summed E-state index contributed by atoms with van der Waals surface area (Å²) in [4.78, 5) is 15.1. The van der Waals surface area contributed by atoms with Crippen molar-refractivity contribution in [2.45, 2.75) is 39.2 Å². The molecule has 1 aromatic rings. The van der Waals surface area contributed by atoms with Crippen LogP contribution < -0.4 is 21.1 Å². The molecule has 1 heterocycles. The third-order valence-corrected chi connectivity index (χ3v) is 4.70. The Balaban J connectivity index is 2.50. The predicted octanol–water partition coefficient (Wildman–Crippen LogP) is 2.48. The van der Waals surface area contributed by atoms with Crippen LogP contribution in [0.2, 0.25) is 0 Å². The largest absolute Gasteiger partial charge is 0.475 e. The zero-order chi connectivity index (χ0) is 16.5. The molecule has 1 aromatic carbocycles. The third kappa shape index (κ3) is 2.75. The number of fused-ring (bicyclic) bond motifs is 1. The monoisotopic (exact) mass is 321 g/mol. The lowest BCUT2D eigenvalue weighted by Crippen LogP contribution is -2.57. The first-order chi connectivity index (χ1) is 10.3. The van der Waals surface area contributed by atoms with Gasteiger partial charge in [0.25, 0.3) is 5.91 Å². The minimum Gasteiger partial charge on any atom is -0.475 e. The van der Waals surface area contributed by atoms with E-state index >= 15 is 0 Å². The van der Waals surface area contributed by atoms with Gasteiger partial charge in [-0.05, 0) is 25.0 Å². The molecule has 1 aliphatic rings. The summed E-state index contributed by atoms with van der Waals surface area (Å²) in [6.45, 7) is 6.26. The van der Waals surface area contributed by atoms with Crippen LogP contribution >= 0.6 is 12.2 Å². The first-order valence-electron chi connectivity index (χ1n) is 7.54. The molecular formula is C16H23N3O2S. The second-order valence-electron chi connectivity index (χ2n) is 5.75. The van der Waals surface area contributed by atoms with Gasteiger partial charge in [0.15, 0.2) is 5.60 Å². The van der Waals surface area contributed by atoms with Gasteiger partial charge < -0.3 is 21.1 Å². The Kier molecular flexibility index (Phi) is 4.60. The van der Waals surface area contributed by atoms with E-state index in [1.165, 1.54) is 0 Å². The molecule has 22 heavy (non-hydrogen) atoms. The fourth-order valence-corrected chi connectivity index (χ4v) is 2.76. The van der Waals surface area contributed by atoms with Crippen molar-refractivity contribution in [3.63, 3.8) is 0 Å². The molecule has 1 amide bonds. The second-order valence-corrected chi connectivity index (χ2v) is 6.22. The van der Waals surface area contributed by atoms with Gasteiger partial charge in [-0.1, -0.05) is 33.0 Å². The number of anilines is 2. The Morgan fingerprint density at radius 2 is 2.05 bits per heavy atom. The van der Waals surface area contributed by atoms with E-state index in [2.05, 4.69) is 0 Å². The van der Waals surface area contributed by atoms with Crippen LogP contribution in [-0.2, 0) is 4.79 Å². The average Bonchev–Trinajstić information content (AvgIpc) is 2.49. The number of nitrogen functional groups attached to an aromatic ring is 1. The number of hydrogen-bond acceptors (Lipinski definition) is 4.